The minimum atomic E-state index is -0.552. The van der Waals surface area contributed by atoms with E-state index in [1.165, 1.54) is 13.3 Å². The summed E-state index contributed by atoms with van der Waals surface area (Å²) in [4.78, 5) is 26.0. The predicted molar refractivity (Wildman–Crippen MR) is 63.7 cm³/mol. The summed E-state index contributed by atoms with van der Waals surface area (Å²) in [7, 11) is 1.31. The summed E-state index contributed by atoms with van der Waals surface area (Å²) in [5.41, 5.74) is 0.460. The van der Waals surface area contributed by atoms with Crippen molar-refractivity contribution in [2.45, 2.75) is 0 Å². The molecule has 0 aliphatic heterocycles. The van der Waals surface area contributed by atoms with Crippen LogP contribution in [0.3, 0.4) is 0 Å². The van der Waals surface area contributed by atoms with Crippen LogP contribution in [0, 0.1) is 0 Å². The summed E-state index contributed by atoms with van der Waals surface area (Å²) in [6.45, 7) is 0. The number of hydrogen-bond donors (Lipinski definition) is 2. The molecule has 7 heteroatoms. The summed E-state index contributed by atoms with van der Waals surface area (Å²) in [6, 6.07) is 6.64. The zero-order valence-corrected chi connectivity index (χ0v) is 9.51. The zero-order chi connectivity index (χ0) is 13.0. The number of rotatable bonds is 3. The highest BCUT2D eigenvalue weighted by molar-refractivity contribution is 5.90. The van der Waals surface area contributed by atoms with Gasteiger partial charge >= 0.3 is 11.7 Å². The molecule has 7 nitrogen and oxygen atoms in total. The second-order valence-corrected chi connectivity index (χ2v) is 3.37. The molecule has 1 aromatic carbocycles. The van der Waals surface area contributed by atoms with E-state index in [0.29, 0.717) is 17.1 Å². The van der Waals surface area contributed by atoms with E-state index in [0.717, 1.165) is 0 Å². The first-order valence-electron chi connectivity index (χ1n) is 5.06. The smallest absolute Gasteiger partial charge is 0.363 e. The fraction of sp³-hybridized carbons (Fsp3) is 0.0909. The zero-order valence-electron chi connectivity index (χ0n) is 9.51. The Morgan fingerprint density at radius 1 is 1.44 bits per heavy atom. The third-order valence-corrected chi connectivity index (χ3v) is 2.13. The monoisotopic (exact) mass is 246 g/mol. The number of nitrogens with zero attached hydrogens (tertiary/aromatic N) is 2. The molecule has 0 aliphatic carbocycles. The number of nitrogens with one attached hydrogen (secondary N) is 2. The molecule has 0 aliphatic rings. The van der Waals surface area contributed by atoms with Crippen molar-refractivity contribution in [3.05, 3.63) is 46.5 Å². The van der Waals surface area contributed by atoms with E-state index in [2.05, 4.69) is 25.2 Å². The van der Waals surface area contributed by atoms with Gasteiger partial charge in [-0.15, -0.1) is 0 Å². The van der Waals surface area contributed by atoms with Crippen LogP contribution in [-0.2, 0) is 4.74 Å². The second-order valence-electron chi connectivity index (χ2n) is 3.37. The van der Waals surface area contributed by atoms with E-state index in [-0.39, 0.29) is 0 Å². The Kier molecular flexibility index (Phi) is 3.33. The average Bonchev–Trinajstić information content (AvgIpc) is 2.38. The number of aromatic amines is 1. The summed E-state index contributed by atoms with van der Waals surface area (Å²) in [5.74, 6) is -0.142. The molecule has 1 aromatic heterocycles. The molecule has 2 aromatic rings. The molecule has 0 saturated heterocycles. The standard InChI is InChI=1S/C11H10N4O3/c1-18-10(16)7-3-2-4-8(5-7)13-9-6-12-15-11(17)14-9/h2-6H,1H3,(H2,13,14,15,17). The lowest BCUT2D eigenvalue weighted by Crippen LogP contribution is -2.13. The van der Waals surface area contributed by atoms with Crippen molar-refractivity contribution in [1.29, 1.82) is 0 Å². The van der Waals surface area contributed by atoms with Gasteiger partial charge in [0.2, 0.25) is 0 Å². The van der Waals surface area contributed by atoms with E-state index in [1.807, 2.05) is 0 Å². The summed E-state index contributed by atoms with van der Waals surface area (Å²) >= 11 is 0. The van der Waals surface area contributed by atoms with Gasteiger partial charge in [0.1, 0.15) is 0 Å². The molecular formula is C11H10N4O3. The number of benzene rings is 1. The molecule has 1 heterocycles. The number of H-pyrrole nitrogens is 1. The van der Waals surface area contributed by atoms with E-state index >= 15 is 0 Å². The van der Waals surface area contributed by atoms with E-state index in [9.17, 15) is 9.59 Å². The van der Waals surface area contributed by atoms with Crippen molar-refractivity contribution in [3.8, 4) is 0 Å². The maximum Gasteiger partial charge on any atom is 0.363 e. The van der Waals surface area contributed by atoms with E-state index in [4.69, 9.17) is 0 Å². The molecule has 0 spiro atoms. The molecule has 0 fully saturated rings. The Morgan fingerprint density at radius 3 is 3.00 bits per heavy atom. The van der Waals surface area contributed by atoms with Gasteiger partial charge in [-0.05, 0) is 18.2 Å². The number of methoxy groups -OCH3 is 1. The van der Waals surface area contributed by atoms with Crippen LogP contribution in [0.15, 0.2) is 35.3 Å². The molecule has 92 valence electrons. The van der Waals surface area contributed by atoms with Gasteiger partial charge in [-0.1, -0.05) is 6.07 Å². The van der Waals surface area contributed by atoms with Crippen LogP contribution in [0.25, 0.3) is 0 Å². The molecule has 0 saturated carbocycles. The number of anilines is 2. The first kappa shape index (κ1) is 11.8. The van der Waals surface area contributed by atoms with Crippen molar-refractivity contribution in [3.63, 3.8) is 0 Å². The molecule has 0 amide bonds. The first-order valence-corrected chi connectivity index (χ1v) is 5.06. The lowest BCUT2D eigenvalue weighted by atomic mass is 10.2. The molecule has 0 radical (unpaired) electrons. The van der Waals surface area contributed by atoms with Crippen LogP contribution in [0.2, 0.25) is 0 Å². The van der Waals surface area contributed by atoms with Gasteiger partial charge < -0.3 is 10.1 Å². The van der Waals surface area contributed by atoms with Gasteiger partial charge in [0.25, 0.3) is 0 Å². The molecule has 18 heavy (non-hydrogen) atoms. The van der Waals surface area contributed by atoms with Gasteiger partial charge in [-0.2, -0.15) is 10.1 Å². The topological polar surface area (TPSA) is 97.0 Å². The normalized spacial score (nSPS) is 9.83. The Bertz CT molecular complexity index is 623. The maximum absolute atomic E-state index is 11.3. The third kappa shape index (κ3) is 2.70. The van der Waals surface area contributed by atoms with Crippen LogP contribution in [-0.4, -0.2) is 28.3 Å². The molecule has 0 unspecified atom stereocenters. The minimum absolute atomic E-state index is 0.292. The third-order valence-electron chi connectivity index (χ3n) is 2.13. The van der Waals surface area contributed by atoms with Crippen LogP contribution in [0.5, 0.6) is 0 Å². The highest BCUT2D eigenvalue weighted by atomic mass is 16.5. The Balaban J connectivity index is 2.24. The fourth-order valence-corrected chi connectivity index (χ4v) is 1.36. The van der Waals surface area contributed by atoms with Gasteiger partial charge in [-0.3, -0.25) is 0 Å². The van der Waals surface area contributed by atoms with Gasteiger partial charge in [0, 0.05) is 5.69 Å². The minimum Gasteiger partial charge on any atom is -0.465 e. The van der Waals surface area contributed by atoms with Crippen LogP contribution < -0.4 is 11.0 Å². The first-order chi connectivity index (χ1) is 8.69. The lowest BCUT2D eigenvalue weighted by molar-refractivity contribution is 0.0601. The largest absolute Gasteiger partial charge is 0.465 e. The van der Waals surface area contributed by atoms with E-state index in [1.54, 1.807) is 24.3 Å². The SMILES string of the molecule is COC(=O)c1cccc(Nc2cn[nH]c(=O)n2)c1. The molecule has 0 atom stereocenters. The van der Waals surface area contributed by atoms with Crippen molar-refractivity contribution >= 4 is 17.5 Å². The maximum atomic E-state index is 11.3. The van der Waals surface area contributed by atoms with Crippen LogP contribution >= 0.6 is 0 Å². The number of hydrogen-bond acceptors (Lipinski definition) is 6. The van der Waals surface area contributed by atoms with Gasteiger partial charge in [-0.25, -0.2) is 14.7 Å². The van der Waals surface area contributed by atoms with Gasteiger partial charge in [0.05, 0.1) is 18.9 Å². The quantitative estimate of drug-likeness (QED) is 0.773. The molecule has 2 rings (SSSR count). The van der Waals surface area contributed by atoms with Crippen molar-refractivity contribution in [2.24, 2.45) is 0 Å². The van der Waals surface area contributed by atoms with Crippen molar-refractivity contribution in [2.75, 3.05) is 12.4 Å². The van der Waals surface area contributed by atoms with Crippen molar-refractivity contribution in [1.82, 2.24) is 15.2 Å². The molecule has 2 N–H and O–H groups in total. The number of ether oxygens (including phenoxy) is 1. The van der Waals surface area contributed by atoms with Crippen LogP contribution in [0.4, 0.5) is 11.5 Å². The number of esters is 1. The number of carbonyl (C=O) groups is 1. The molecule has 0 bridgehead atoms. The highest BCUT2D eigenvalue weighted by Crippen LogP contribution is 2.15. The number of carbonyl (C=O) groups excluding carboxylic acids is 1. The Morgan fingerprint density at radius 2 is 2.28 bits per heavy atom. The summed E-state index contributed by atoms with van der Waals surface area (Å²) < 4.78 is 4.61. The molecular weight excluding hydrogens is 236 g/mol. The summed E-state index contributed by atoms with van der Waals surface area (Å²) in [5, 5.41) is 8.63. The van der Waals surface area contributed by atoms with Crippen LogP contribution in [0.1, 0.15) is 10.4 Å². The van der Waals surface area contributed by atoms with Crippen molar-refractivity contribution < 1.29 is 9.53 Å². The number of aromatic nitrogens is 3. The van der Waals surface area contributed by atoms with Gasteiger partial charge in [0.15, 0.2) is 5.82 Å². The Hall–Kier alpha value is -2.70. The average molecular weight is 246 g/mol. The fourth-order valence-electron chi connectivity index (χ4n) is 1.36. The highest BCUT2D eigenvalue weighted by Gasteiger charge is 2.06. The summed E-state index contributed by atoms with van der Waals surface area (Å²) in [6.07, 6.45) is 1.37. The predicted octanol–water partition coefficient (Wildman–Crippen LogP) is 0.695. The van der Waals surface area contributed by atoms with E-state index < -0.39 is 11.7 Å². The lowest BCUT2D eigenvalue weighted by Gasteiger charge is -2.05. The Labute approximate surface area is 102 Å². The second kappa shape index (κ2) is 5.09.